The van der Waals surface area contributed by atoms with E-state index in [4.69, 9.17) is 5.41 Å². The Balaban J connectivity index is 3.19. The average Bonchev–Trinajstić information content (AvgIpc) is 2.00. The van der Waals surface area contributed by atoms with Crippen molar-refractivity contribution in [1.29, 1.82) is 5.41 Å². The van der Waals surface area contributed by atoms with E-state index in [0.29, 0.717) is 0 Å². The van der Waals surface area contributed by atoms with Crippen LogP contribution in [0.5, 0.6) is 0 Å². The number of unbranched alkanes of at least 4 members (excludes halogenated alkanes) is 1. The molecule has 0 radical (unpaired) electrons. The largest absolute Gasteiger partial charge is 0.393 e. The summed E-state index contributed by atoms with van der Waals surface area (Å²) in [5, 5.41) is 16.6. The molecule has 1 atom stereocenters. The topological polar surface area (TPSA) is 44.1 Å². The van der Waals surface area contributed by atoms with Crippen LogP contribution in [-0.4, -0.2) is 16.9 Å². The fourth-order valence-electron chi connectivity index (χ4n) is 1.19. The Hall–Kier alpha value is -0.370. The normalized spacial score (nSPS) is 12.9. The molecule has 0 aromatic carbocycles. The summed E-state index contributed by atoms with van der Waals surface area (Å²) in [6.07, 6.45) is 5.71. The maximum atomic E-state index is 9.42. The van der Waals surface area contributed by atoms with Gasteiger partial charge in [0.1, 0.15) is 0 Å². The Morgan fingerprint density at radius 3 is 2.42 bits per heavy atom. The molecule has 0 aliphatic heterocycles. The Labute approximate surface area is 75.5 Å². The van der Waals surface area contributed by atoms with Gasteiger partial charge in [-0.3, -0.25) is 0 Å². The quantitative estimate of drug-likeness (QED) is 0.568. The molecule has 0 aromatic rings. The monoisotopic (exact) mass is 171 g/mol. The fraction of sp³-hybridized carbons (Fsp3) is 0.900. The van der Waals surface area contributed by atoms with Crippen LogP contribution in [0.4, 0.5) is 0 Å². The van der Waals surface area contributed by atoms with Crippen LogP contribution in [0.15, 0.2) is 0 Å². The molecule has 12 heavy (non-hydrogen) atoms. The molecule has 0 saturated heterocycles. The molecule has 2 nitrogen and oxygen atoms in total. The zero-order valence-electron chi connectivity index (χ0n) is 8.27. The van der Waals surface area contributed by atoms with E-state index in [0.717, 1.165) is 44.2 Å². The smallest absolute Gasteiger partial charge is 0.0540 e. The second kappa shape index (κ2) is 7.29. The number of aliphatic hydroxyl groups is 1. The number of hydrogen-bond donors (Lipinski definition) is 2. The van der Waals surface area contributed by atoms with E-state index in [9.17, 15) is 5.11 Å². The summed E-state index contributed by atoms with van der Waals surface area (Å²) in [6, 6.07) is 0. The van der Waals surface area contributed by atoms with Crippen LogP contribution in [-0.2, 0) is 0 Å². The van der Waals surface area contributed by atoms with E-state index in [1.807, 2.05) is 6.92 Å². The standard InChI is InChI=1S/C10H21NO/c1-3-4-7-10(12)8-5-6-9(2)11/h10-12H,3-8H2,1-2H3. The van der Waals surface area contributed by atoms with Crippen LogP contribution in [0, 0.1) is 5.41 Å². The number of hydrogen-bond acceptors (Lipinski definition) is 2. The van der Waals surface area contributed by atoms with Crippen molar-refractivity contribution < 1.29 is 5.11 Å². The Bertz CT molecular complexity index is 123. The lowest BCUT2D eigenvalue weighted by molar-refractivity contribution is 0.150. The predicted octanol–water partition coefficient (Wildman–Crippen LogP) is 2.75. The molecule has 0 aromatic heterocycles. The van der Waals surface area contributed by atoms with Gasteiger partial charge >= 0.3 is 0 Å². The van der Waals surface area contributed by atoms with Gasteiger partial charge in [-0.2, -0.15) is 0 Å². The molecule has 72 valence electrons. The van der Waals surface area contributed by atoms with Crippen molar-refractivity contribution in [2.45, 2.75) is 58.5 Å². The highest BCUT2D eigenvalue weighted by Gasteiger charge is 2.02. The number of rotatable bonds is 7. The second-order valence-corrected chi connectivity index (χ2v) is 3.47. The minimum Gasteiger partial charge on any atom is -0.393 e. The molecule has 0 bridgehead atoms. The maximum Gasteiger partial charge on any atom is 0.0540 e. The zero-order chi connectivity index (χ0) is 9.40. The van der Waals surface area contributed by atoms with Crippen LogP contribution in [0.2, 0.25) is 0 Å². The highest BCUT2D eigenvalue weighted by atomic mass is 16.3. The zero-order valence-corrected chi connectivity index (χ0v) is 8.27. The third-order valence-electron chi connectivity index (χ3n) is 1.98. The lowest BCUT2D eigenvalue weighted by Crippen LogP contribution is -2.06. The first-order chi connectivity index (χ1) is 5.66. The van der Waals surface area contributed by atoms with Gasteiger partial charge in [0, 0.05) is 5.71 Å². The highest BCUT2D eigenvalue weighted by Crippen LogP contribution is 2.08. The van der Waals surface area contributed by atoms with Gasteiger partial charge in [0.2, 0.25) is 0 Å². The molecule has 2 heteroatoms. The maximum absolute atomic E-state index is 9.42. The minimum absolute atomic E-state index is 0.135. The predicted molar refractivity (Wildman–Crippen MR) is 52.8 cm³/mol. The molecule has 0 heterocycles. The number of nitrogens with one attached hydrogen (secondary N) is 1. The van der Waals surface area contributed by atoms with Gasteiger partial charge in [-0.25, -0.2) is 0 Å². The van der Waals surface area contributed by atoms with Crippen LogP contribution >= 0.6 is 0 Å². The van der Waals surface area contributed by atoms with Gasteiger partial charge in [0.25, 0.3) is 0 Å². The molecule has 0 aliphatic rings. The van der Waals surface area contributed by atoms with Crippen molar-refractivity contribution in [3.05, 3.63) is 0 Å². The molecule has 2 N–H and O–H groups in total. The average molecular weight is 171 g/mol. The van der Waals surface area contributed by atoms with Crippen LogP contribution in [0.25, 0.3) is 0 Å². The van der Waals surface area contributed by atoms with Gasteiger partial charge in [-0.05, 0) is 32.6 Å². The molecular formula is C10H21NO. The van der Waals surface area contributed by atoms with E-state index < -0.39 is 0 Å². The first kappa shape index (κ1) is 11.6. The van der Waals surface area contributed by atoms with Crippen LogP contribution in [0.1, 0.15) is 52.4 Å². The van der Waals surface area contributed by atoms with Crippen molar-refractivity contribution in [2.75, 3.05) is 0 Å². The molecule has 0 rings (SSSR count). The van der Waals surface area contributed by atoms with Gasteiger partial charge in [-0.1, -0.05) is 19.8 Å². The van der Waals surface area contributed by atoms with E-state index in [-0.39, 0.29) is 6.10 Å². The van der Waals surface area contributed by atoms with Crippen molar-refractivity contribution in [1.82, 2.24) is 0 Å². The van der Waals surface area contributed by atoms with Crippen molar-refractivity contribution in [2.24, 2.45) is 0 Å². The molecule has 0 spiro atoms. The Kier molecular flexibility index (Phi) is 7.06. The first-order valence-electron chi connectivity index (χ1n) is 4.89. The Morgan fingerprint density at radius 1 is 1.33 bits per heavy atom. The summed E-state index contributed by atoms with van der Waals surface area (Å²) in [4.78, 5) is 0. The summed E-state index contributed by atoms with van der Waals surface area (Å²) < 4.78 is 0. The fourth-order valence-corrected chi connectivity index (χ4v) is 1.19. The van der Waals surface area contributed by atoms with E-state index in [1.54, 1.807) is 0 Å². The van der Waals surface area contributed by atoms with Crippen molar-refractivity contribution in [3.63, 3.8) is 0 Å². The van der Waals surface area contributed by atoms with Gasteiger partial charge in [-0.15, -0.1) is 0 Å². The molecule has 0 aliphatic carbocycles. The minimum atomic E-state index is -0.135. The lowest BCUT2D eigenvalue weighted by Gasteiger charge is -2.08. The van der Waals surface area contributed by atoms with Gasteiger partial charge in [0.05, 0.1) is 6.10 Å². The molecule has 1 unspecified atom stereocenters. The van der Waals surface area contributed by atoms with E-state index >= 15 is 0 Å². The summed E-state index contributed by atoms with van der Waals surface area (Å²) in [5.74, 6) is 0. The molecular weight excluding hydrogens is 150 g/mol. The van der Waals surface area contributed by atoms with E-state index in [2.05, 4.69) is 6.92 Å². The SMILES string of the molecule is CCCCC(O)CCCC(C)=N. The van der Waals surface area contributed by atoms with Crippen LogP contribution < -0.4 is 0 Å². The van der Waals surface area contributed by atoms with Crippen molar-refractivity contribution in [3.8, 4) is 0 Å². The second-order valence-electron chi connectivity index (χ2n) is 3.47. The third kappa shape index (κ3) is 7.73. The summed E-state index contributed by atoms with van der Waals surface area (Å²) in [7, 11) is 0. The Morgan fingerprint density at radius 2 is 1.92 bits per heavy atom. The lowest BCUT2D eigenvalue weighted by atomic mass is 10.1. The molecule has 0 saturated carbocycles. The van der Waals surface area contributed by atoms with Gasteiger partial charge in [0.15, 0.2) is 0 Å². The summed E-state index contributed by atoms with van der Waals surface area (Å²) in [5.41, 5.74) is 0.720. The first-order valence-corrected chi connectivity index (χ1v) is 4.89. The van der Waals surface area contributed by atoms with Crippen molar-refractivity contribution >= 4 is 5.71 Å². The molecule has 0 fully saturated rings. The number of aliphatic hydroxyl groups excluding tert-OH is 1. The van der Waals surface area contributed by atoms with Gasteiger partial charge < -0.3 is 10.5 Å². The van der Waals surface area contributed by atoms with Crippen LogP contribution in [0.3, 0.4) is 0 Å². The molecule has 0 amide bonds. The highest BCUT2D eigenvalue weighted by molar-refractivity contribution is 5.78. The van der Waals surface area contributed by atoms with E-state index in [1.165, 1.54) is 0 Å². The third-order valence-corrected chi connectivity index (χ3v) is 1.98. The summed E-state index contributed by atoms with van der Waals surface area (Å²) >= 11 is 0. The summed E-state index contributed by atoms with van der Waals surface area (Å²) in [6.45, 7) is 3.95.